The van der Waals surface area contributed by atoms with E-state index in [1.165, 1.54) is 0 Å². The molecule has 0 spiro atoms. The summed E-state index contributed by atoms with van der Waals surface area (Å²) in [5.74, 6) is -1.27. The molecule has 1 saturated carbocycles. The number of urea groups is 1. The minimum Gasteiger partial charge on any atom is -0.335 e. The molecule has 102 valence electrons. The third kappa shape index (κ3) is 3.17. The van der Waals surface area contributed by atoms with Crippen LogP contribution in [0.4, 0.5) is 18.0 Å². The van der Waals surface area contributed by atoms with Crippen LogP contribution in [0.1, 0.15) is 25.7 Å². The second-order valence-corrected chi connectivity index (χ2v) is 4.93. The molecule has 1 heterocycles. The summed E-state index contributed by atoms with van der Waals surface area (Å²) in [7, 11) is 0. The number of carbonyl (C=O) groups excluding carboxylic acids is 1. The fraction of sp³-hybridized carbons (Fsp3) is 0.750. The summed E-state index contributed by atoms with van der Waals surface area (Å²) in [4.78, 5) is 13.3. The number of rotatable bonds is 1. The monoisotopic (exact) mass is 262 g/mol. The number of hydrogen-bond donors (Lipinski definition) is 1. The summed E-state index contributed by atoms with van der Waals surface area (Å²) in [5, 5.41) is 2.71. The van der Waals surface area contributed by atoms with Crippen LogP contribution in [0.15, 0.2) is 12.2 Å². The molecule has 0 radical (unpaired) electrons. The van der Waals surface area contributed by atoms with Gasteiger partial charge in [-0.1, -0.05) is 18.6 Å². The lowest BCUT2D eigenvalue weighted by Gasteiger charge is -2.32. The van der Waals surface area contributed by atoms with Gasteiger partial charge in [0.05, 0.1) is 5.92 Å². The molecule has 2 aliphatic rings. The Bertz CT molecular complexity index is 333. The van der Waals surface area contributed by atoms with Crippen LogP contribution in [0.5, 0.6) is 0 Å². The van der Waals surface area contributed by atoms with Gasteiger partial charge in [-0.05, 0) is 19.3 Å². The van der Waals surface area contributed by atoms with Crippen LogP contribution in [-0.4, -0.2) is 36.2 Å². The Labute approximate surface area is 104 Å². The summed E-state index contributed by atoms with van der Waals surface area (Å²) < 4.78 is 37.9. The average molecular weight is 262 g/mol. The maximum Gasteiger partial charge on any atom is 0.391 e. The van der Waals surface area contributed by atoms with Gasteiger partial charge in [0.15, 0.2) is 0 Å². The number of halogens is 3. The summed E-state index contributed by atoms with van der Waals surface area (Å²) >= 11 is 0. The second kappa shape index (κ2) is 5.20. The van der Waals surface area contributed by atoms with Gasteiger partial charge >= 0.3 is 12.2 Å². The molecule has 1 aliphatic heterocycles. The van der Waals surface area contributed by atoms with Crippen molar-refractivity contribution in [3.63, 3.8) is 0 Å². The zero-order valence-corrected chi connectivity index (χ0v) is 10.0. The Balaban J connectivity index is 1.84. The number of amides is 2. The third-order valence-corrected chi connectivity index (χ3v) is 3.57. The van der Waals surface area contributed by atoms with Crippen molar-refractivity contribution in [1.82, 2.24) is 10.2 Å². The second-order valence-electron chi connectivity index (χ2n) is 4.93. The number of nitrogens with one attached hydrogen (secondary N) is 1. The Morgan fingerprint density at radius 3 is 2.50 bits per heavy atom. The van der Waals surface area contributed by atoms with Gasteiger partial charge < -0.3 is 10.2 Å². The van der Waals surface area contributed by atoms with E-state index in [1.54, 1.807) is 4.90 Å². The Hall–Kier alpha value is -1.20. The molecule has 6 heteroatoms. The van der Waals surface area contributed by atoms with Gasteiger partial charge in [-0.2, -0.15) is 13.2 Å². The van der Waals surface area contributed by atoms with Crippen LogP contribution >= 0.6 is 0 Å². The SMILES string of the molecule is O=C(N[C@H]1CCC[C@@H](C(F)(F)F)C1)N1CC=CC1. The first-order valence-electron chi connectivity index (χ1n) is 6.24. The molecule has 1 fully saturated rings. The molecule has 0 aromatic heterocycles. The molecule has 2 rings (SSSR count). The van der Waals surface area contributed by atoms with Gasteiger partial charge in [-0.15, -0.1) is 0 Å². The van der Waals surface area contributed by atoms with Crippen molar-refractivity contribution >= 4 is 6.03 Å². The summed E-state index contributed by atoms with van der Waals surface area (Å²) in [6.45, 7) is 1.09. The van der Waals surface area contributed by atoms with E-state index in [0.717, 1.165) is 0 Å². The lowest BCUT2D eigenvalue weighted by molar-refractivity contribution is -0.183. The van der Waals surface area contributed by atoms with Crippen molar-refractivity contribution in [3.8, 4) is 0 Å². The third-order valence-electron chi connectivity index (χ3n) is 3.57. The van der Waals surface area contributed by atoms with Crippen LogP contribution in [-0.2, 0) is 0 Å². The van der Waals surface area contributed by atoms with Crippen molar-refractivity contribution in [2.45, 2.75) is 37.9 Å². The molecule has 0 aromatic rings. The standard InChI is InChI=1S/C12H17F3N2O/c13-12(14,15)9-4-3-5-10(8-9)16-11(18)17-6-1-2-7-17/h1-2,9-10H,3-8H2,(H,16,18)/t9-,10+/m1/s1. The van der Waals surface area contributed by atoms with Crippen molar-refractivity contribution in [3.05, 3.63) is 12.2 Å². The molecule has 0 saturated heterocycles. The highest BCUT2D eigenvalue weighted by molar-refractivity contribution is 5.75. The molecule has 2 amide bonds. The Kier molecular flexibility index (Phi) is 3.82. The number of carbonyl (C=O) groups is 1. The molecule has 1 aliphatic carbocycles. The quantitative estimate of drug-likeness (QED) is 0.724. The van der Waals surface area contributed by atoms with Gasteiger partial charge in [-0.3, -0.25) is 0 Å². The minimum absolute atomic E-state index is 0.0104. The highest BCUT2D eigenvalue weighted by Crippen LogP contribution is 2.37. The molecule has 0 unspecified atom stereocenters. The predicted octanol–water partition coefficient (Wildman–Crippen LogP) is 2.69. The topological polar surface area (TPSA) is 32.3 Å². The smallest absolute Gasteiger partial charge is 0.335 e. The maximum atomic E-state index is 12.6. The lowest BCUT2D eigenvalue weighted by atomic mass is 9.85. The fourth-order valence-corrected chi connectivity index (χ4v) is 2.53. The zero-order chi connectivity index (χ0) is 13.2. The first kappa shape index (κ1) is 13.2. The summed E-state index contributed by atoms with van der Waals surface area (Å²) in [6, 6.07) is -0.605. The first-order chi connectivity index (χ1) is 8.47. The van der Waals surface area contributed by atoms with Gasteiger partial charge in [0, 0.05) is 19.1 Å². The molecule has 2 atom stereocenters. The van der Waals surface area contributed by atoms with Crippen LogP contribution in [0.2, 0.25) is 0 Å². The van der Waals surface area contributed by atoms with E-state index < -0.39 is 12.1 Å². The van der Waals surface area contributed by atoms with E-state index in [-0.39, 0.29) is 24.9 Å². The normalized spacial score (nSPS) is 28.5. The van der Waals surface area contributed by atoms with Crippen molar-refractivity contribution < 1.29 is 18.0 Å². The van der Waals surface area contributed by atoms with E-state index in [0.29, 0.717) is 25.9 Å². The minimum atomic E-state index is -4.14. The van der Waals surface area contributed by atoms with Gasteiger partial charge in [0.1, 0.15) is 0 Å². The molecule has 18 heavy (non-hydrogen) atoms. The molecule has 0 bridgehead atoms. The summed E-state index contributed by atoms with van der Waals surface area (Å²) in [5.41, 5.74) is 0. The first-order valence-corrected chi connectivity index (χ1v) is 6.24. The predicted molar refractivity (Wildman–Crippen MR) is 61.0 cm³/mol. The lowest BCUT2D eigenvalue weighted by Crippen LogP contribution is -2.46. The van der Waals surface area contributed by atoms with Gasteiger partial charge in [0.2, 0.25) is 0 Å². The molecular formula is C12H17F3N2O. The van der Waals surface area contributed by atoms with Crippen LogP contribution in [0.3, 0.4) is 0 Å². The Morgan fingerprint density at radius 1 is 1.22 bits per heavy atom. The van der Waals surface area contributed by atoms with E-state index in [4.69, 9.17) is 0 Å². The Morgan fingerprint density at radius 2 is 1.89 bits per heavy atom. The molecular weight excluding hydrogens is 245 g/mol. The number of alkyl halides is 3. The fourth-order valence-electron chi connectivity index (χ4n) is 2.53. The maximum absolute atomic E-state index is 12.6. The summed E-state index contributed by atoms with van der Waals surface area (Å²) in [6.07, 6.45) is 0.959. The van der Waals surface area contributed by atoms with E-state index in [9.17, 15) is 18.0 Å². The number of hydrogen-bond acceptors (Lipinski definition) is 1. The van der Waals surface area contributed by atoms with Crippen LogP contribution in [0.25, 0.3) is 0 Å². The van der Waals surface area contributed by atoms with E-state index in [1.807, 2.05) is 12.2 Å². The molecule has 0 aromatic carbocycles. The van der Waals surface area contributed by atoms with Crippen LogP contribution < -0.4 is 5.32 Å². The van der Waals surface area contributed by atoms with Crippen LogP contribution in [0, 0.1) is 5.92 Å². The van der Waals surface area contributed by atoms with Gasteiger partial charge in [-0.25, -0.2) is 4.79 Å². The molecule has 1 N–H and O–H groups in total. The zero-order valence-electron chi connectivity index (χ0n) is 10.0. The average Bonchev–Trinajstić information content (AvgIpc) is 2.81. The van der Waals surface area contributed by atoms with Crippen molar-refractivity contribution in [1.29, 1.82) is 0 Å². The highest BCUT2D eigenvalue weighted by atomic mass is 19.4. The van der Waals surface area contributed by atoms with Crippen molar-refractivity contribution in [2.75, 3.05) is 13.1 Å². The van der Waals surface area contributed by atoms with Crippen molar-refractivity contribution in [2.24, 2.45) is 5.92 Å². The number of nitrogens with zero attached hydrogens (tertiary/aromatic N) is 1. The molecule has 3 nitrogen and oxygen atoms in total. The highest BCUT2D eigenvalue weighted by Gasteiger charge is 2.42. The van der Waals surface area contributed by atoms with Gasteiger partial charge in [0.25, 0.3) is 0 Å². The van der Waals surface area contributed by atoms with E-state index >= 15 is 0 Å². The van der Waals surface area contributed by atoms with E-state index in [2.05, 4.69) is 5.32 Å². The largest absolute Gasteiger partial charge is 0.391 e.